The van der Waals surface area contributed by atoms with Gasteiger partial charge in [-0.25, -0.2) is 4.98 Å². The molecule has 3 aromatic heterocycles. The normalized spacial score (nSPS) is 12.8. The minimum atomic E-state index is 0.114. The quantitative estimate of drug-likeness (QED) is 0.171. The number of nitrogens with zero attached hydrogens (tertiary/aromatic N) is 3. The Morgan fingerprint density at radius 1 is 0.396 bits per heavy atom. The molecule has 3 heterocycles. The molecule has 8 aromatic carbocycles. The van der Waals surface area contributed by atoms with Crippen molar-refractivity contribution >= 4 is 60.2 Å². The Morgan fingerprint density at radius 3 is 1.68 bits per heavy atom. The highest BCUT2D eigenvalue weighted by Gasteiger charge is 2.30. The molecule has 3 nitrogen and oxygen atoms in total. The topological polar surface area (TPSA) is 22.2 Å². The van der Waals surface area contributed by atoms with Crippen molar-refractivity contribution in [2.45, 2.75) is 5.92 Å². The van der Waals surface area contributed by atoms with Crippen molar-refractivity contribution in [3.63, 3.8) is 0 Å². The van der Waals surface area contributed by atoms with Crippen LogP contribution in [0.15, 0.2) is 182 Å². The van der Waals surface area contributed by atoms with Crippen molar-refractivity contribution in [2.24, 2.45) is 0 Å². The number of fused-ring (bicyclic) bond motifs is 14. The van der Waals surface area contributed by atoms with Gasteiger partial charge in [-0.15, -0.1) is 0 Å². The zero-order chi connectivity index (χ0) is 34.6. The maximum Gasteiger partial charge on any atom is 0.146 e. The molecule has 0 unspecified atom stereocenters. The summed E-state index contributed by atoms with van der Waals surface area (Å²) in [6.45, 7) is 0. The largest absolute Gasteiger partial charge is 0.309 e. The predicted molar refractivity (Wildman–Crippen MR) is 220 cm³/mol. The van der Waals surface area contributed by atoms with Crippen LogP contribution in [0, 0.1) is 0 Å². The lowest BCUT2D eigenvalue weighted by molar-refractivity contribution is 1.01. The monoisotopic (exact) mass is 673 g/mol. The third-order valence-corrected chi connectivity index (χ3v) is 11.5. The number of para-hydroxylation sites is 4. The van der Waals surface area contributed by atoms with Crippen molar-refractivity contribution in [3.8, 4) is 27.9 Å². The molecule has 0 radical (unpaired) electrons. The summed E-state index contributed by atoms with van der Waals surface area (Å²) in [6.07, 6.45) is 0. The zero-order valence-corrected chi connectivity index (χ0v) is 28.7. The number of aromatic nitrogens is 3. The van der Waals surface area contributed by atoms with Crippen LogP contribution in [0.1, 0.15) is 22.6 Å². The lowest BCUT2D eigenvalue weighted by Crippen LogP contribution is -2.03. The van der Waals surface area contributed by atoms with Gasteiger partial charge in [0.05, 0.1) is 27.6 Å². The van der Waals surface area contributed by atoms with E-state index in [0.717, 1.165) is 33.3 Å². The van der Waals surface area contributed by atoms with E-state index in [9.17, 15) is 0 Å². The van der Waals surface area contributed by atoms with Gasteiger partial charge >= 0.3 is 0 Å². The summed E-state index contributed by atoms with van der Waals surface area (Å²) >= 11 is 0. The smallest absolute Gasteiger partial charge is 0.146 e. The van der Waals surface area contributed by atoms with Gasteiger partial charge in [-0.3, -0.25) is 4.40 Å². The molecule has 246 valence electrons. The van der Waals surface area contributed by atoms with Gasteiger partial charge in [0.2, 0.25) is 0 Å². The molecule has 0 saturated heterocycles. The van der Waals surface area contributed by atoms with E-state index in [1.807, 2.05) is 0 Å². The first-order valence-corrected chi connectivity index (χ1v) is 18.3. The Kier molecular flexibility index (Phi) is 5.83. The third-order valence-electron chi connectivity index (χ3n) is 11.5. The molecule has 12 rings (SSSR count). The average Bonchev–Trinajstić information content (AvgIpc) is 3.89. The van der Waals surface area contributed by atoms with E-state index in [-0.39, 0.29) is 5.92 Å². The minimum absolute atomic E-state index is 0.114. The van der Waals surface area contributed by atoms with Gasteiger partial charge in [0, 0.05) is 33.2 Å². The summed E-state index contributed by atoms with van der Waals surface area (Å²) < 4.78 is 4.82. The summed E-state index contributed by atoms with van der Waals surface area (Å²) in [4.78, 5) is 5.17. The van der Waals surface area contributed by atoms with Gasteiger partial charge in [-0.2, -0.15) is 0 Å². The zero-order valence-electron chi connectivity index (χ0n) is 28.7. The molecule has 0 N–H and O–H groups in total. The van der Waals surface area contributed by atoms with Crippen LogP contribution < -0.4 is 0 Å². The second-order valence-corrected chi connectivity index (χ2v) is 14.3. The van der Waals surface area contributed by atoms with E-state index in [4.69, 9.17) is 4.98 Å². The third kappa shape index (κ3) is 4.02. The van der Waals surface area contributed by atoms with E-state index in [2.05, 4.69) is 191 Å². The molecule has 0 amide bonds. The van der Waals surface area contributed by atoms with Gasteiger partial charge in [0.15, 0.2) is 0 Å². The fourth-order valence-electron chi connectivity index (χ4n) is 9.30. The van der Waals surface area contributed by atoms with E-state index in [0.29, 0.717) is 0 Å². The van der Waals surface area contributed by atoms with Crippen molar-refractivity contribution < 1.29 is 0 Å². The van der Waals surface area contributed by atoms with Crippen LogP contribution in [0.5, 0.6) is 0 Å². The summed E-state index contributed by atoms with van der Waals surface area (Å²) in [5.41, 5.74) is 16.9. The van der Waals surface area contributed by atoms with E-state index < -0.39 is 0 Å². The van der Waals surface area contributed by atoms with E-state index in [1.54, 1.807) is 0 Å². The average molecular weight is 674 g/mol. The molecule has 53 heavy (non-hydrogen) atoms. The number of hydrogen-bond donors (Lipinski definition) is 0. The number of hydrogen-bond acceptors (Lipinski definition) is 1. The van der Waals surface area contributed by atoms with Crippen molar-refractivity contribution in [3.05, 3.63) is 199 Å². The second-order valence-electron chi connectivity index (χ2n) is 14.3. The highest BCUT2D eigenvalue weighted by Crippen LogP contribution is 2.49. The second kappa shape index (κ2) is 10.8. The molecule has 11 aromatic rings. The Labute approximate surface area is 305 Å². The van der Waals surface area contributed by atoms with Gasteiger partial charge in [-0.1, -0.05) is 140 Å². The molecular weight excluding hydrogens is 643 g/mol. The Balaban J connectivity index is 1.18. The Morgan fingerprint density at radius 2 is 0.962 bits per heavy atom. The fourth-order valence-corrected chi connectivity index (χ4v) is 9.30. The van der Waals surface area contributed by atoms with Gasteiger partial charge in [0.25, 0.3) is 0 Å². The fraction of sp³-hybridized carbons (Fsp3) is 0.0200. The molecule has 0 fully saturated rings. The van der Waals surface area contributed by atoms with Gasteiger partial charge in [0.1, 0.15) is 5.65 Å². The first kappa shape index (κ1) is 28.7. The molecule has 0 spiro atoms. The lowest BCUT2D eigenvalue weighted by Gasteiger charge is -2.19. The van der Waals surface area contributed by atoms with Crippen LogP contribution in [0.3, 0.4) is 0 Å². The van der Waals surface area contributed by atoms with E-state index >= 15 is 0 Å². The van der Waals surface area contributed by atoms with Crippen molar-refractivity contribution in [1.82, 2.24) is 14.0 Å². The van der Waals surface area contributed by atoms with Crippen molar-refractivity contribution in [1.29, 1.82) is 0 Å². The number of benzene rings is 8. The van der Waals surface area contributed by atoms with Crippen LogP contribution in [0.2, 0.25) is 0 Å². The summed E-state index contributed by atoms with van der Waals surface area (Å²) in [7, 11) is 0. The molecule has 0 atom stereocenters. The van der Waals surface area contributed by atoms with Crippen LogP contribution >= 0.6 is 0 Å². The summed E-state index contributed by atoms with van der Waals surface area (Å²) in [6, 6.07) is 66.9. The number of imidazole rings is 1. The molecule has 0 saturated carbocycles. The molecule has 1 aliphatic carbocycles. The van der Waals surface area contributed by atoms with Gasteiger partial charge in [-0.05, 0) is 86.8 Å². The maximum atomic E-state index is 5.17. The van der Waals surface area contributed by atoms with Crippen LogP contribution in [0.4, 0.5) is 0 Å². The summed E-state index contributed by atoms with van der Waals surface area (Å²) in [5.74, 6) is 0.114. The standard InChI is InChI=1S/C50H31N3/c1-4-18-41-35(13-1)36-14-2-5-19-42(36)49(41)33-27-32(28-34(29-33)52-45-22-10-7-16-38(45)39-17-8-11-23-46(39)52)31-25-26-40-37-15-3-6-20-43(37)50-51-44-21-9-12-24-47(44)53(50)48(40)30-31/h1-30,49H. The molecule has 1 aliphatic rings. The van der Waals surface area contributed by atoms with Crippen LogP contribution in [0.25, 0.3) is 88.1 Å². The molecular formula is C50H31N3. The van der Waals surface area contributed by atoms with Crippen LogP contribution in [-0.4, -0.2) is 14.0 Å². The molecule has 3 heteroatoms. The lowest BCUT2D eigenvalue weighted by atomic mass is 9.87. The Hall–Kier alpha value is -6.97. The highest BCUT2D eigenvalue weighted by molar-refractivity contribution is 6.14. The minimum Gasteiger partial charge on any atom is -0.309 e. The SMILES string of the molecule is c1ccc2c(c1)-c1ccccc1C2c1cc(-c2ccc3c4ccccc4c4nc5ccccc5n4c3c2)cc(-n2c3ccccc3c3ccccc32)c1. The van der Waals surface area contributed by atoms with Gasteiger partial charge < -0.3 is 4.57 Å². The van der Waals surface area contributed by atoms with Crippen LogP contribution in [-0.2, 0) is 0 Å². The number of pyridine rings is 1. The number of rotatable bonds is 3. The molecule has 0 bridgehead atoms. The predicted octanol–water partition coefficient (Wildman–Crippen LogP) is 12.7. The maximum absolute atomic E-state index is 5.17. The molecule has 0 aliphatic heterocycles. The van der Waals surface area contributed by atoms with E-state index in [1.165, 1.54) is 71.5 Å². The first-order chi connectivity index (χ1) is 26.3. The summed E-state index contributed by atoms with van der Waals surface area (Å²) in [5, 5.41) is 6.13. The van der Waals surface area contributed by atoms with Crippen molar-refractivity contribution in [2.75, 3.05) is 0 Å². The first-order valence-electron chi connectivity index (χ1n) is 18.3. The Bertz CT molecular complexity index is 3210. The highest BCUT2D eigenvalue weighted by atomic mass is 15.0.